The monoisotopic (exact) mass is 231 g/mol. The Morgan fingerprint density at radius 2 is 2.00 bits per heavy atom. The number of nitriles is 1. The lowest BCUT2D eigenvalue weighted by Crippen LogP contribution is -1.93. The van der Waals surface area contributed by atoms with E-state index in [4.69, 9.17) is 5.26 Å². The van der Waals surface area contributed by atoms with Crippen LogP contribution in [0, 0.1) is 23.0 Å². The second-order valence-corrected chi connectivity index (χ2v) is 3.96. The van der Waals surface area contributed by atoms with E-state index >= 15 is 0 Å². The largest absolute Gasteiger partial charge is 0.205 e. The lowest BCUT2D eigenvalue weighted by atomic mass is 10.0. The quantitative estimate of drug-likeness (QED) is 0.767. The molecule has 2 aromatic rings. The Balaban J connectivity index is 2.70. The molecule has 0 fully saturated rings. The lowest BCUT2D eigenvalue weighted by molar-refractivity contribution is 0.585. The highest BCUT2D eigenvalue weighted by molar-refractivity contribution is 5.85. The molecule has 2 aromatic carbocycles. The first-order chi connectivity index (χ1) is 8.17. The fourth-order valence-electron chi connectivity index (χ4n) is 1.93. The molecule has 86 valence electrons. The predicted molar refractivity (Wildman–Crippen MR) is 62.6 cm³/mol. The van der Waals surface area contributed by atoms with Gasteiger partial charge in [-0.3, -0.25) is 0 Å². The van der Waals surface area contributed by atoms with E-state index in [0.29, 0.717) is 10.8 Å². The standard InChI is InChI=1S/C14H11F2N/c1-2-3-9-4-5-11-10(6-9)7-13(15)12(8-17)14(11)16/h4-7H,2-3H2,1H3. The summed E-state index contributed by atoms with van der Waals surface area (Å²) in [5.74, 6) is -1.57. The van der Waals surface area contributed by atoms with Crippen LogP contribution in [0.25, 0.3) is 10.8 Å². The number of rotatable bonds is 2. The van der Waals surface area contributed by atoms with Crippen LogP contribution >= 0.6 is 0 Å². The second-order valence-electron chi connectivity index (χ2n) is 3.96. The zero-order valence-corrected chi connectivity index (χ0v) is 9.43. The van der Waals surface area contributed by atoms with Crippen molar-refractivity contribution >= 4 is 10.8 Å². The summed E-state index contributed by atoms with van der Waals surface area (Å²) in [5.41, 5.74) is 0.532. The molecule has 0 N–H and O–H groups in total. The first kappa shape index (κ1) is 11.5. The highest BCUT2D eigenvalue weighted by Gasteiger charge is 2.13. The molecule has 0 aliphatic rings. The Labute approximate surface area is 98.3 Å². The fourth-order valence-corrected chi connectivity index (χ4v) is 1.93. The summed E-state index contributed by atoms with van der Waals surface area (Å²) >= 11 is 0. The molecule has 0 aromatic heterocycles. The summed E-state index contributed by atoms with van der Waals surface area (Å²) < 4.78 is 27.2. The minimum absolute atomic E-state index is 0.294. The molecule has 1 nitrogen and oxygen atoms in total. The third kappa shape index (κ3) is 1.99. The minimum Gasteiger partial charge on any atom is -0.205 e. The Hall–Kier alpha value is -1.95. The predicted octanol–water partition coefficient (Wildman–Crippen LogP) is 3.94. The summed E-state index contributed by atoms with van der Waals surface area (Å²) in [6.45, 7) is 2.05. The first-order valence-electron chi connectivity index (χ1n) is 5.48. The number of fused-ring (bicyclic) bond motifs is 1. The number of aryl methyl sites for hydroxylation is 1. The van der Waals surface area contributed by atoms with Gasteiger partial charge in [0.2, 0.25) is 0 Å². The zero-order valence-electron chi connectivity index (χ0n) is 9.43. The van der Waals surface area contributed by atoms with Crippen LogP contribution in [0.4, 0.5) is 8.78 Å². The number of hydrogen-bond donors (Lipinski definition) is 0. The molecule has 0 aliphatic heterocycles. The van der Waals surface area contributed by atoms with Crippen LogP contribution in [0.2, 0.25) is 0 Å². The first-order valence-corrected chi connectivity index (χ1v) is 5.48. The summed E-state index contributed by atoms with van der Waals surface area (Å²) in [4.78, 5) is 0. The molecule has 0 saturated heterocycles. The highest BCUT2D eigenvalue weighted by Crippen LogP contribution is 2.25. The van der Waals surface area contributed by atoms with Crippen molar-refractivity contribution in [3.05, 3.63) is 47.0 Å². The summed E-state index contributed by atoms with van der Waals surface area (Å²) in [6, 6.07) is 7.95. The van der Waals surface area contributed by atoms with E-state index in [0.717, 1.165) is 18.4 Å². The maximum atomic E-state index is 13.8. The van der Waals surface area contributed by atoms with Crippen molar-refractivity contribution in [3.8, 4) is 6.07 Å². The van der Waals surface area contributed by atoms with Crippen molar-refractivity contribution in [2.24, 2.45) is 0 Å². The van der Waals surface area contributed by atoms with Crippen LogP contribution in [0.1, 0.15) is 24.5 Å². The maximum Gasteiger partial charge on any atom is 0.151 e. The van der Waals surface area contributed by atoms with E-state index in [-0.39, 0.29) is 0 Å². The Kier molecular flexibility index (Phi) is 3.06. The third-order valence-electron chi connectivity index (χ3n) is 2.74. The molecule has 17 heavy (non-hydrogen) atoms. The van der Waals surface area contributed by atoms with Gasteiger partial charge in [0.25, 0.3) is 0 Å². The van der Waals surface area contributed by atoms with Crippen LogP contribution in [0.15, 0.2) is 24.3 Å². The van der Waals surface area contributed by atoms with E-state index in [9.17, 15) is 8.78 Å². The molecule has 0 atom stereocenters. The maximum absolute atomic E-state index is 13.8. The molecular weight excluding hydrogens is 220 g/mol. The van der Waals surface area contributed by atoms with Gasteiger partial charge in [0.05, 0.1) is 0 Å². The van der Waals surface area contributed by atoms with Gasteiger partial charge in [0.1, 0.15) is 17.4 Å². The van der Waals surface area contributed by atoms with Crippen LogP contribution in [0.5, 0.6) is 0 Å². The van der Waals surface area contributed by atoms with E-state index in [1.54, 1.807) is 18.2 Å². The molecule has 0 saturated carbocycles. The van der Waals surface area contributed by atoms with Crippen molar-refractivity contribution in [2.75, 3.05) is 0 Å². The van der Waals surface area contributed by atoms with Crippen molar-refractivity contribution in [1.82, 2.24) is 0 Å². The highest BCUT2D eigenvalue weighted by atomic mass is 19.1. The lowest BCUT2D eigenvalue weighted by Gasteiger charge is -2.05. The average Bonchev–Trinajstić information content (AvgIpc) is 2.29. The van der Waals surface area contributed by atoms with Crippen molar-refractivity contribution in [3.63, 3.8) is 0 Å². The Morgan fingerprint density at radius 3 is 2.65 bits per heavy atom. The van der Waals surface area contributed by atoms with Gasteiger partial charge < -0.3 is 0 Å². The van der Waals surface area contributed by atoms with E-state index in [2.05, 4.69) is 0 Å². The van der Waals surface area contributed by atoms with Crippen LogP contribution < -0.4 is 0 Å². The molecule has 0 amide bonds. The fraction of sp³-hybridized carbons (Fsp3) is 0.214. The van der Waals surface area contributed by atoms with E-state index in [1.807, 2.05) is 13.0 Å². The number of nitrogens with zero attached hydrogens (tertiary/aromatic N) is 1. The molecule has 2 rings (SSSR count). The molecule has 0 spiro atoms. The van der Waals surface area contributed by atoms with Crippen LogP contribution in [-0.4, -0.2) is 0 Å². The summed E-state index contributed by atoms with van der Waals surface area (Å²) in [5, 5.41) is 9.47. The average molecular weight is 231 g/mol. The van der Waals surface area contributed by atoms with Crippen molar-refractivity contribution in [1.29, 1.82) is 5.26 Å². The molecule has 0 aliphatic carbocycles. The molecular formula is C14H11F2N. The molecule has 0 heterocycles. The Bertz CT molecular complexity index is 612. The molecule has 3 heteroatoms. The van der Waals surface area contributed by atoms with Gasteiger partial charge in [-0.25, -0.2) is 8.78 Å². The van der Waals surface area contributed by atoms with Crippen molar-refractivity contribution < 1.29 is 8.78 Å². The van der Waals surface area contributed by atoms with Gasteiger partial charge in [0.15, 0.2) is 5.82 Å². The summed E-state index contributed by atoms with van der Waals surface area (Å²) in [7, 11) is 0. The smallest absolute Gasteiger partial charge is 0.151 e. The van der Waals surface area contributed by atoms with Gasteiger partial charge >= 0.3 is 0 Å². The van der Waals surface area contributed by atoms with Gasteiger partial charge in [-0.05, 0) is 23.4 Å². The van der Waals surface area contributed by atoms with E-state index in [1.165, 1.54) is 6.07 Å². The number of halogens is 2. The number of hydrogen-bond acceptors (Lipinski definition) is 1. The van der Waals surface area contributed by atoms with Crippen molar-refractivity contribution in [2.45, 2.75) is 19.8 Å². The Morgan fingerprint density at radius 1 is 1.24 bits per heavy atom. The van der Waals surface area contributed by atoms with Gasteiger partial charge in [0, 0.05) is 5.39 Å². The summed E-state index contributed by atoms with van der Waals surface area (Å²) in [6.07, 6.45) is 1.85. The second kappa shape index (κ2) is 4.50. The van der Waals surface area contributed by atoms with Crippen LogP contribution in [-0.2, 0) is 6.42 Å². The zero-order chi connectivity index (χ0) is 12.4. The molecule has 0 bridgehead atoms. The van der Waals surface area contributed by atoms with Gasteiger partial charge in [-0.15, -0.1) is 0 Å². The molecule has 0 radical (unpaired) electrons. The molecule has 0 unspecified atom stereocenters. The van der Waals surface area contributed by atoms with Gasteiger partial charge in [-0.1, -0.05) is 31.5 Å². The SMILES string of the molecule is CCCc1ccc2c(F)c(C#N)c(F)cc2c1. The number of benzene rings is 2. The normalized spacial score (nSPS) is 10.5. The topological polar surface area (TPSA) is 23.8 Å². The third-order valence-corrected chi connectivity index (χ3v) is 2.74. The van der Waals surface area contributed by atoms with E-state index < -0.39 is 17.2 Å². The van der Waals surface area contributed by atoms with Gasteiger partial charge in [-0.2, -0.15) is 5.26 Å². The van der Waals surface area contributed by atoms with Crippen LogP contribution in [0.3, 0.4) is 0 Å². The minimum atomic E-state index is -0.800.